The van der Waals surface area contributed by atoms with Crippen molar-refractivity contribution in [2.24, 2.45) is 11.8 Å². The Balaban J connectivity index is 1.69. The van der Waals surface area contributed by atoms with Crippen LogP contribution in [0.4, 0.5) is 5.69 Å². The number of imide groups is 1. The Morgan fingerprint density at radius 1 is 1.00 bits per heavy atom. The quantitative estimate of drug-likeness (QED) is 0.665. The van der Waals surface area contributed by atoms with Gasteiger partial charge in [0.2, 0.25) is 11.8 Å². The van der Waals surface area contributed by atoms with Crippen LogP contribution in [-0.4, -0.2) is 23.4 Å². The van der Waals surface area contributed by atoms with Crippen LogP contribution in [0.3, 0.4) is 0 Å². The normalized spacial score (nSPS) is 25.6. The number of fused-ring (bicyclic) bond motifs is 1. The lowest BCUT2D eigenvalue weighted by Gasteiger charge is -2.16. The smallest absolute Gasteiger partial charge is 0.234 e. The van der Waals surface area contributed by atoms with Gasteiger partial charge in [-0.15, -0.1) is 0 Å². The van der Waals surface area contributed by atoms with Gasteiger partial charge in [-0.3, -0.25) is 14.5 Å². The molecule has 1 aromatic carbocycles. The summed E-state index contributed by atoms with van der Waals surface area (Å²) in [5, 5.41) is 3.12. The lowest BCUT2D eigenvalue weighted by Crippen LogP contribution is -2.35. The molecule has 3 rings (SSSR count). The molecule has 1 N–H and O–H groups in total. The molecule has 0 spiro atoms. The van der Waals surface area contributed by atoms with Crippen molar-refractivity contribution in [3.8, 4) is 0 Å². The Kier molecular flexibility index (Phi) is 3.07. The molecule has 2 amide bonds. The molecule has 19 heavy (non-hydrogen) atoms. The molecule has 0 saturated carbocycles. The average Bonchev–Trinajstić information content (AvgIpc) is 2.71. The van der Waals surface area contributed by atoms with Crippen molar-refractivity contribution in [2.45, 2.75) is 12.8 Å². The number of likely N-dealkylation sites (tertiary alicyclic amines) is 1. The molecular formula is C15H16N2O2. The summed E-state index contributed by atoms with van der Waals surface area (Å²) in [5.41, 5.74) is 0.913. The summed E-state index contributed by atoms with van der Waals surface area (Å²) < 4.78 is 0. The van der Waals surface area contributed by atoms with Crippen molar-refractivity contribution in [1.29, 1.82) is 0 Å². The Morgan fingerprint density at radius 2 is 1.58 bits per heavy atom. The molecule has 2 unspecified atom stereocenters. The predicted octanol–water partition coefficient (Wildman–Crippen LogP) is 2.01. The molecule has 0 aromatic heterocycles. The Hall–Kier alpha value is -2.10. The van der Waals surface area contributed by atoms with Gasteiger partial charge in [-0.05, 0) is 25.0 Å². The van der Waals surface area contributed by atoms with Crippen LogP contribution in [0.15, 0.2) is 42.5 Å². The van der Waals surface area contributed by atoms with Gasteiger partial charge in [0, 0.05) is 5.69 Å². The molecule has 1 aliphatic heterocycles. The van der Waals surface area contributed by atoms with Gasteiger partial charge < -0.3 is 5.32 Å². The fourth-order valence-electron chi connectivity index (χ4n) is 2.75. The van der Waals surface area contributed by atoms with Crippen molar-refractivity contribution >= 4 is 17.5 Å². The third kappa shape index (κ3) is 2.14. The molecule has 2 atom stereocenters. The fourth-order valence-corrected chi connectivity index (χ4v) is 2.75. The minimum atomic E-state index is -0.143. The summed E-state index contributed by atoms with van der Waals surface area (Å²) in [6, 6.07) is 9.59. The number of para-hydroxylation sites is 1. The highest BCUT2D eigenvalue weighted by molar-refractivity contribution is 6.05. The first kappa shape index (κ1) is 12.0. The highest BCUT2D eigenvalue weighted by Gasteiger charge is 2.46. The second kappa shape index (κ2) is 4.88. The fraction of sp³-hybridized carbons (Fsp3) is 0.333. The van der Waals surface area contributed by atoms with Crippen molar-refractivity contribution < 1.29 is 9.59 Å². The number of anilines is 1. The largest absolute Gasteiger partial charge is 0.367 e. The molecular weight excluding hydrogens is 240 g/mol. The molecule has 1 aromatic rings. The summed E-state index contributed by atoms with van der Waals surface area (Å²) in [4.78, 5) is 25.8. The molecule has 1 aliphatic carbocycles. The van der Waals surface area contributed by atoms with E-state index in [1.165, 1.54) is 4.90 Å². The number of carbonyl (C=O) groups excluding carboxylic acids is 2. The first-order chi connectivity index (χ1) is 9.27. The van der Waals surface area contributed by atoms with E-state index in [2.05, 4.69) is 5.32 Å². The summed E-state index contributed by atoms with van der Waals surface area (Å²) in [6.07, 6.45) is 5.38. The maximum absolute atomic E-state index is 12.2. The third-order valence-electron chi connectivity index (χ3n) is 3.81. The summed E-state index contributed by atoms with van der Waals surface area (Å²) in [7, 11) is 0. The summed E-state index contributed by atoms with van der Waals surface area (Å²) in [6.45, 7) is 0.259. The highest BCUT2D eigenvalue weighted by atomic mass is 16.2. The lowest BCUT2D eigenvalue weighted by atomic mass is 9.85. The second-order valence-corrected chi connectivity index (χ2v) is 4.96. The molecule has 0 bridgehead atoms. The number of allylic oxidation sites excluding steroid dienone is 2. The van der Waals surface area contributed by atoms with Crippen molar-refractivity contribution in [1.82, 2.24) is 4.90 Å². The van der Waals surface area contributed by atoms with Gasteiger partial charge in [0.1, 0.15) is 0 Å². The third-order valence-corrected chi connectivity index (χ3v) is 3.81. The maximum atomic E-state index is 12.2. The average molecular weight is 256 g/mol. The topological polar surface area (TPSA) is 49.4 Å². The van der Waals surface area contributed by atoms with E-state index in [0.717, 1.165) is 5.69 Å². The summed E-state index contributed by atoms with van der Waals surface area (Å²) in [5.74, 6) is -0.365. The summed E-state index contributed by atoms with van der Waals surface area (Å²) >= 11 is 0. The van der Waals surface area contributed by atoms with Crippen LogP contribution < -0.4 is 5.32 Å². The van der Waals surface area contributed by atoms with Gasteiger partial charge in [0.05, 0.1) is 18.5 Å². The van der Waals surface area contributed by atoms with Gasteiger partial charge >= 0.3 is 0 Å². The Morgan fingerprint density at radius 3 is 2.16 bits per heavy atom. The van der Waals surface area contributed by atoms with Crippen LogP contribution in [0.5, 0.6) is 0 Å². The zero-order valence-electron chi connectivity index (χ0n) is 10.6. The van der Waals surface area contributed by atoms with E-state index in [-0.39, 0.29) is 30.3 Å². The van der Waals surface area contributed by atoms with Gasteiger partial charge in [-0.2, -0.15) is 0 Å². The van der Waals surface area contributed by atoms with Crippen LogP contribution >= 0.6 is 0 Å². The molecule has 2 aliphatic rings. The maximum Gasteiger partial charge on any atom is 0.234 e. The van der Waals surface area contributed by atoms with E-state index in [1.54, 1.807) is 0 Å². The number of hydrogen-bond donors (Lipinski definition) is 1. The zero-order chi connectivity index (χ0) is 13.2. The van der Waals surface area contributed by atoms with E-state index in [1.807, 2.05) is 42.5 Å². The van der Waals surface area contributed by atoms with Crippen LogP contribution in [0.2, 0.25) is 0 Å². The highest BCUT2D eigenvalue weighted by Crippen LogP contribution is 2.34. The van der Waals surface area contributed by atoms with Gasteiger partial charge in [0.25, 0.3) is 0 Å². The number of benzene rings is 1. The van der Waals surface area contributed by atoms with E-state index < -0.39 is 0 Å². The SMILES string of the molecule is O=C1C2CC=CCC2C(=O)N1CNc1ccccc1. The minimum absolute atomic E-state index is 0.0391. The monoisotopic (exact) mass is 256 g/mol. The van der Waals surface area contributed by atoms with E-state index in [9.17, 15) is 9.59 Å². The molecule has 4 heteroatoms. The van der Waals surface area contributed by atoms with Crippen molar-refractivity contribution in [2.75, 3.05) is 12.0 Å². The predicted molar refractivity (Wildman–Crippen MR) is 72.1 cm³/mol. The molecule has 1 heterocycles. The lowest BCUT2D eigenvalue weighted by molar-refractivity contribution is -0.139. The standard InChI is InChI=1S/C15H16N2O2/c18-14-12-8-4-5-9-13(12)15(19)17(14)10-16-11-6-2-1-3-7-11/h1-7,12-13,16H,8-10H2. The van der Waals surface area contributed by atoms with Gasteiger partial charge in [0.15, 0.2) is 0 Å². The minimum Gasteiger partial charge on any atom is -0.367 e. The molecule has 4 nitrogen and oxygen atoms in total. The van der Waals surface area contributed by atoms with E-state index in [4.69, 9.17) is 0 Å². The van der Waals surface area contributed by atoms with Crippen molar-refractivity contribution in [3.63, 3.8) is 0 Å². The number of nitrogens with one attached hydrogen (secondary N) is 1. The van der Waals surface area contributed by atoms with Crippen LogP contribution in [0.1, 0.15) is 12.8 Å². The van der Waals surface area contributed by atoms with Crippen molar-refractivity contribution in [3.05, 3.63) is 42.5 Å². The van der Waals surface area contributed by atoms with Crippen LogP contribution in [-0.2, 0) is 9.59 Å². The number of nitrogens with zero attached hydrogens (tertiary/aromatic N) is 1. The first-order valence-electron chi connectivity index (χ1n) is 6.56. The van der Waals surface area contributed by atoms with E-state index in [0.29, 0.717) is 12.8 Å². The number of hydrogen-bond acceptors (Lipinski definition) is 3. The van der Waals surface area contributed by atoms with E-state index >= 15 is 0 Å². The number of amides is 2. The number of rotatable bonds is 3. The van der Waals surface area contributed by atoms with Gasteiger partial charge in [-0.25, -0.2) is 0 Å². The van der Waals surface area contributed by atoms with Crippen LogP contribution in [0.25, 0.3) is 0 Å². The molecule has 1 fully saturated rings. The first-order valence-corrected chi connectivity index (χ1v) is 6.56. The second-order valence-electron chi connectivity index (χ2n) is 4.96. The van der Waals surface area contributed by atoms with Gasteiger partial charge in [-0.1, -0.05) is 30.4 Å². The molecule has 0 radical (unpaired) electrons. The zero-order valence-corrected chi connectivity index (χ0v) is 10.6. The molecule has 98 valence electrons. The molecule has 1 saturated heterocycles. The van der Waals surface area contributed by atoms with Crippen LogP contribution in [0, 0.1) is 11.8 Å². The Bertz CT molecular complexity index is 498. The Labute approximate surface area is 112 Å². The number of carbonyl (C=O) groups is 2.